The number of aliphatic imine (C=N–C) groups is 2. The van der Waals surface area contributed by atoms with Gasteiger partial charge in [-0.2, -0.15) is 10.8 Å². The molecule has 7 heteroatoms. The van der Waals surface area contributed by atoms with Gasteiger partial charge in [-0.3, -0.25) is 9.79 Å². The highest BCUT2D eigenvalue weighted by Crippen LogP contribution is 2.36. The second-order valence-corrected chi connectivity index (χ2v) is 8.94. The Bertz CT molecular complexity index is 1510. The Morgan fingerprint density at radius 1 is 1.06 bits per heavy atom. The van der Waals surface area contributed by atoms with Gasteiger partial charge in [-0.15, -0.1) is 4.59 Å². The van der Waals surface area contributed by atoms with Crippen molar-refractivity contribution in [2.45, 2.75) is 13.3 Å². The number of rotatable bonds is 3. The highest BCUT2D eigenvalue weighted by atomic mass is 16.2. The molecule has 172 valence electrons. The summed E-state index contributed by atoms with van der Waals surface area (Å²) in [6, 6.07) is 20.5. The average Bonchev–Trinajstić information content (AvgIpc) is 3.21. The lowest BCUT2D eigenvalue weighted by molar-refractivity contribution is -0.750. The van der Waals surface area contributed by atoms with Gasteiger partial charge in [0.1, 0.15) is 11.9 Å². The Morgan fingerprint density at radius 3 is 2.66 bits per heavy atom. The molecule has 1 unspecified atom stereocenters. The summed E-state index contributed by atoms with van der Waals surface area (Å²) in [6.45, 7) is 2.85. The Balaban J connectivity index is 1.42. The minimum Gasteiger partial charge on any atom is -0.339 e. The first kappa shape index (κ1) is 21.3. The number of benzene rings is 2. The van der Waals surface area contributed by atoms with Crippen molar-refractivity contribution >= 4 is 28.9 Å². The number of pyridine rings is 1. The maximum atomic E-state index is 11.8. The molecule has 3 aliphatic heterocycles. The van der Waals surface area contributed by atoms with E-state index in [2.05, 4.69) is 41.4 Å². The molecule has 0 radical (unpaired) electrons. The Hall–Kier alpha value is -4.20. The second kappa shape index (κ2) is 8.23. The number of hydrogen-bond acceptors (Lipinski definition) is 5. The van der Waals surface area contributed by atoms with Gasteiger partial charge in [0.25, 0.3) is 5.84 Å². The molecule has 1 amide bonds. The number of carbonyl (C=O) groups excluding carboxylic acids is 1. The SMILES string of the molecule is CC(=O)N1CC=C(C2=C3C=NC=C[N+]3(N)C(c3ccc4ccc(-c5ccccc5)nc4c3)=N2)CC1. The Morgan fingerprint density at radius 2 is 1.89 bits per heavy atom. The van der Waals surface area contributed by atoms with Crippen LogP contribution in [-0.4, -0.2) is 45.5 Å². The van der Waals surface area contributed by atoms with Gasteiger partial charge in [-0.05, 0) is 30.2 Å². The maximum absolute atomic E-state index is 11.8. The van der Waals surface area contributed by atoms with Crippen molar-refractivity contribution < 1.29 is 9.39 Å². The number of carbonyl (C=O) groups is 1. The van der Waals surface area contributed by atoms with Crippen LogP contribution >= 0.6 is 0 Å². The van der Waals surface area contributed by atoms with Crippen LogP contribution in [0.5, 0.6) is 0 Å². The van der Waals surface area contributed by atoms with Crippen LogP contribution in [0.1, 0.15) is 18.9 Å². The molecule has 1 atom stereocenters. The number of fused-ring (bicyclic) bond motifs is 2. The van der Waals surface area contributed by atoms with Gasteiger partial charge in [-0.25, -0.2) is 4.98 Å². The molecule has 0 saturated carbocycles. The number of amides is 1. The summed E-state index contributed by atoms with van der Waals surface area (Å²) >= 11 is 0. The normalized spacial score (nSPS) is 21.3. The number of aromatic nitrogens is 1. The summed E-state index contributed by atoms with van der Waals surface area (Å²) in [5, 5.41) is 1.05. The van der Waals surface area contributed by atoms with E-state index < -0.39 is 0 Å². The van der Waals surface area contributed by atoms with Crippen molar-refractivity contribution in [1.29, 1.82) is 0 Å². The molecule has 4 heterocycles. The highest BCUT2D eigenvalue weighted by molar-refractivity contribution is 6.03. The molecule has 0 spiro atoms. The zero-order chi connectivity index (χ0) is 24.0. The molecule has 1 aromatic heterocycles. The molecule has 0 bridgehead atoms. The van der Waals surface area contributed by atoms with E-state index in [-0.39, 0.29) is 10.5 Å². The summed E-state index contributed by atoms with van der Waals surface area (Å²) in [5.74, 6) is 7.74. The molecule has 0 fully saturated rings. The first-order chi connectivity index (χ1) is 17.0. The number of allylic oxidation sites excluding steroid dienone is 2. The maximum Gasteiger partial charge on any atom is 0.265 e. The first-order valence-corrected chi connectivity index (χ1v) is 11.7. The zero-order valence-corrected chi connectivity index (χ0v) is 19.4. The predicted molar refractivity (Wildman–Crippen MR) is 138 cm³/mol. The van der Waals surface area contributed by atoms with E-state index in [0.717, 1.165) is 56.9 Å². The number of hydrogen-bond donors (Lipinski definition) is 1. The molecule has 7 nitrogen and oxygen atoms in total. The lowest BCUT2D eigenvalue weighted by Crippen LogP contribution is -2.53. The average molecular weight is 462 g/mol. The number of quaternary nitrogens is 1. The molecule has 2 N–H and O–H groups in total. The monoisotopic (exact) mass is 461 g/mol. The topological polar surface area (TPSA) is 83.9 Å². The van der Waals surface area contributed by atoms with Crippen molar-refractivity contribution in [3.8, 4) is 11.3 Å². The standard InChI is InChI=1S/C28H25N6O/c1-19(35)33-14-11-22(12-15-33)27-26-18-30-13-16-34(26,29)28(32-27)23-8-7-21-9-10-24(31-25(21)17-23)20-5-3-2-4-6-20/h2-11,13,16-18H,12,14-15,29H2,1H3/q+1. The third kappa shape index (κ3) is 3.62. The molecular formula is C28H25N6O+. The Kier molecular flexibility index (Phi) is 5.02. The van der Waals surface area contributed by atoms with Crippen LogP contribution in [0.3, 0.4) is 0 Å². The van der Waals surface area contributed by atoms with Crippen LogP contribution < -0.4 is 5.84 Å². The van der Waals surface area contributed by atoms with E-state index >= 15 is 0 Å². The van der Waals surface area contributed by atoms with Crippen LogP contribution in [0, 0.1) is 0 Å². The smallest absolute Gasteiger partial charge is 0.265 e. The molecule has 2 aromatic carbocycles. The minimum atomic E-state index is -0.0452. The highest BCUT2D eigenvalue weighted by Gasteiger charge is 2.45. The van der Waals surface area contributed by atoms with Crippen molar-refractivity contribution in [1.82, 2.24) is 9.88 Å². The predicted octanol–water partition coefficient (Wildman–Crippen LogP) is 4.30. The van der Waals surface area contributed by atoms with Crippen molar-refractivity contribution in [2.75, 3.05) is 13.1 Å². The number of nitrogens with two attached hydrogens (primary N) is 1. The van der Waals surface area contributed by atoms with Crippen LogP contribution in [0.15, 0.2) is 106 Å². The van der Waals surface area contributed by atoms with E-state index in [1.54, 1.807) is 19.3 Å². The van der Waals surface area contributed by atoms with Gasteiger partial charge in [0, 0.05) is 31.0 Å². The molecular weight excluding hydrogens is 436 g/mol. The van der Waals surface area contributed by atoms with Crippen molar-refractivity contribution in [2.24, 2.45) is 15.8 Å². The van der Waals surface area contributed by atoms with Gasteiger partial charge >= 0.3 is 0 Å². The van der Waals surface area contributed by atoms with Crippen molar-refractivity contribution in [3.05, 3.63) is 102 Å². The quantitative estimate of drug-likeness (QED) is 0.466. The van der Waals surface area contributed by atoms with Gasteiger partial charge in [0.05, 0.1) is 29.2 Å². The molecule has 0 saturated heterocycles. The molecule has 6 rings (SSSR count). The summed E-state index contributed by atoms with van der Waals surface area (Å²) in [4.78, 5) is 27.9. The van der Waals surface area contributed by atoms with Crippen LogP contribution in [0.2, 0.25) is 0 Å². The van der Waals surface area contributed by atoms with Gasteiger partial charge < -0.3 is 4.90 Å². The van der Waals surface area contributed by atoms with Crippen LogP contribution in [0.25, 0.3) is 22.2 Å². The molecule has 3 aliphatic rings. The summed E-state index contributed by atoms with van der Waals surface area (Å²) in [6.07, 6.45) is 8.15. The lowest BCUT2D eigenvalue weighted by atomic mass is 10.0. The third-order valence-electron chi connectivity index (χ3n) is 6.77. The fraction of sp³-hybridized carbons (Fsp3) is 0.143. The Labute approximate surface area is 203 Å². The van der Waals surface area contributed by atoms with E-state index in [1.807, 2.05) is 41.4 Å². The van der Waals surface area contributed by atoms with E-state index in [4.69, 9.17) is 15.8 Å². The van der Waals surface area contributed by atoms with Crippen LogP contribution in [0.4, 0.5) is 0 Å². The van der Waals surface area contributed by atoms with Crippen molar-refractivity contribution in [3.63, 3.8) is 0 Å². The van der Waals surface area contributed by atoms with Gasteiger partial charge in [-0.1, -0.05) is 48.5 Å². The largest absolute Gasteiger partial charge is 0.339 e. The minimum absolute atomic E-state index is 0.0452. The van der Waals surface area contributed by atoms with Gasteiger partial charge in [0.15, 0.2) is 0 Å². The summed E-state index contributed by atoms with van der Waals surface area (Å²) in [7, 11) is 0. The van der Waals surface area contributed by atoms with Gasteiger partial charge in [0.2, 0.25) is 11.6 Å². The third-order valence-corrected chi connectivity index (χ3v) is 6.77. The first-order valence-electron chi connectivity index (χ1n) is 11.7. The fourth-order valence-corrected chi connectivity index (χ4v) is 4.81. The summed E-state index contributed by atoms with van der Waals surface area (Å²) < 4.78 is -0.0452. The summed E-state index contributed by atoms with van der Waals surface area (Å²) in [5.41, 5.74) is 6.55. The van der Waals surface area contributed by atoms with Crippen LogP contribution in [-0.2, 0) is 4.79 Å². The van der Waals surface area contributed by atoms with E-state index in [0.29, 0.717) is 13.1 Å². The number of nitrogens with zero attached hydrogens (tertiary/aromatic N) is 5. The van der Waals surface area contributed by atoms with E-state index in [1.165, 1.54) is 0 Å². The molecule has 3 aromatic rings. The van der Waals surface area contributed by atoms with E-state index in [9.17, 15) is 4.79 Å². The molecule has 35 heavy (non-hydrogen) atoms. The second-order valence-electron chi connectivity index (χ2n) is 8.94. The zero-order valence-electron chi connectivity index (χ0n) is 19.4. The fourth-order valence-electron chi connectivity index (χ4n) is 4.81. The number of amidine groups is 1. The lowest BCUT2D eigenvalue weighted by Gasteiger charge is -2.27. The molecule has 0 aliphatic carbocycles.